The molecule has 154 valence electrons. The van der Waals surface area contributed by atoms with E-state index in [1.54, 1.807) is 4.90 Å². The monoisotopic (exact) mass is 400 g/mol. The van der Waals surface area contributed by atoms with Crippen LogP contribution in [0.15, 0.2) is 18.2 Å². The minimum absolute atomic E-state index is 0.0161. The third kappa shape index (κ3) is 3.24. The summed E-state index contributed by atoms with van der Waals surface area (Å²) < 4.78 is 14.2. The SMILES string of the molecule is O=C1CCC(N2Cc3cc(CNCC45CNCC(F)(C4)C5)ccc3C2=O)C(=O)N1. The fraction of sp³-hybridized carbons (Fsp3) is 0.571. The topological polar surface area (TPSA) is 90.5 Å². The Labute approximate surface area is 168 Å². The normalized spacial score (nSPS) is 33.3. The van der Waals surface area contributed by atoms with Crippen molar-refractivity contribution in [2.24, 2.45) is 5.41 Å². The standard InChI is InChI=1S/C21H25FN4O3/c22-21-8-20(9-21,11-24-12-21)10-23-6-13-1-2-15-14(5-13)7-26(19(15)29)16-3-4-17(27)25-18(16)28/h1-2,5,16,23-24H,3-4,6-12H2,(H,25,27,28). The Morgan fingerprint density at radius 3 is 2.79 bits per heavy atom. The van der Waals surface area contributed by atoms with Gasteiger partial charge in [0.15, 0.2) is 0 Å². The molecule has 0 aromatic heterocycles. The molecular weight excluding hydrogens is 375 g/mol. The van der Waals surface area contributed by atoms with Gasteiger partial charge in [-0.1, -0.05) is 12.1 Å². The molecule has 2 bridgehead atoms. The Hall–Kier alpha value is -2.32. The maximum Gasteiger partial charge on any atom is 0.255 e. The summed E-state index contributed by atoms with van der Waals surface area (Å²) in [6.45, 7) is 3.13. The van der Waals surface area contributed by atoms with Crippen LogP contribution in [0.25, 0.3) is 0 Å². The molecule has 1 aliphatic carbocycles. The van der Waals surface area contributed by atoms with Crippen molar-refractivity contribution in [1.29, 1.82) is 0 Å². The maximum absolute atomic E-state index is 14.2. The van der Waals surface area contributed by atoms with Crippen LogP contribution in [0.5, 0.6) is 0 Å². The molecule has 7 nitrogen and oxygen atoms in total. The molecular formula is C21H25FN4O3. The van der Waals surface area contributed by atoms with Crippen LogP contribution in [0.1, 0.15) is 47.2 Å². The molecule has 8 heteroatoms. The van der Waals surface area contributed by atoms with Gasteiger partial charge in [0.05, 0.1) is 0 Å². The van der Waals surface area contributed by atoms with Crippen LogP contribution in [-0.2, 0) is 22.7 Å². The molecule has 3 saturated heterocycles. The Bertz CT molecular complexity index is 896. The van der Waals surface area contributed by atoms with E-state index in [1.807, 2.05) is 18.2 Å². The fourth-order valence-electron chi connectivity index (χ4n) is 5.49. The lowest BCUT2D eigenvalue weighted by Gasteiger charge is -2.56. The molecule has 1 aromatic carbocycles. The molecule has 4 heterocycles. The van der Waals surface area contributed by atoms with Crippen molar-refractivity contribution in [2.75, 3.05) is 19.6 Å². The first-order chi connectivity index (χ1) is 13.9. The van der Waals surface area contributed by atoms with E-state index in [9.17, 15) is 18.8 Å². The molecule has 4 fully saturated rings. The molecule has 0 spiro atoms. The highest BCUT2D eigenvalue weighted by Gasteiger charge is 2.57. The minimum atomic E-state index is -1.02. The number of piperidine rings is 3. The Kier molecular flexibility index (Phi) is 4.25. The van der Waals surface area contributed by atoms with Gasteiger partial charge in [0.2, 0.25) is 11.8 Å². The van der Waals surface area contributed by atoms with E-state index in [2.05, 4.69) is 16.0 Å². The molecule has 1 saturated carbocycles. The van der Waals surface area contributed by atoms with Crippen molar-refractivity contribution < 1.29 is 18.8 Å². The number of rotatable bonds is 5. The van der Waals surface area contributed by atoms with Gasteiger partial charge in [-0.3, -0.25) is 19.7 Å². The number of halogens is 1. The van der Waals surface area contributed by atoms with Crippen LogP contribution < -0.4 is 16.0 Å². The molecule has 1 unspecified atom stereocenters. The highest BCUT2D eigenvalue weighted by molar-refractivity contribution is 6.05. The van der Waals surface area contributed by atoms with Gasteiger partial charge in [-0.15, -0.1) is 0 Å². The van der Waals surface area contributed by atoms with Gasteiger partial charge >= 0.3 is 0 Å². The van der Waals surface area contributed by atoms with Crippen molar-refractivity contribution in [3.63, 3.8) is 0 Å². The van der Waals surface area contributed by atoms with Crippen molar-refractivity contribution in [3.8, 4) is 0 Å². The highest BCUT2D eigenvalue weighted by Crippen LogP contribution is 2.52. The summed E-state index contributed by atoms with van der Waals surface area (Å²) in [7, 11) is 0. The Morgan fingerprint density at radius 2 is 2.03 bits per heavy atom. The van der Waals surface area contributed by atoms with E-state index >= 15 is 0 Å². The first-order valence-corrected chi connectivity index (χ1v) is 10.2. The van der Waals surface area contributed by atoms with Crippen LogP contribution in [0.2, 0.25) is 0 Å². The van der Waals surface area contributed by atoms with Crippen LogP contribution in [0, 0.1) is 5.41 Å². The lowest BCUT2D eigenvalue weighted by Crippen LogP contribution is -2.66. The predicted molar refractivity (Wildman–Crippen MR) is 103 cm³/mol. The van der Waals surface area contributed by atoms with Gasteiger partial charge in [0, 0.05) is 50.1 Å². The molecule has 1 aromatic rings. The molecule has 5 aliphatic rings. The van der Waals surface area contributed by atoms with Crippen LogP contribution >= 0.6 is 0 Å². The van der Waals surface area contributed by atoms with Crippen molar-refractivity contribution in [1.82, 2.24) is 20.9 Å². The third-order valence-electron chi connectivity index (χ3n) is 6.74. The summed E-state index contributed by atoms with van der Waals surface area (Å²) in [5, 5.41) is 8.95. The second kappa shape index (κ2) is 6.60. The highest BCUT2D eigenvalue weighted by atomic mass is 19.1. The third-order valence-corrected chi connectivity index (χ3v) is 6.74. The first kappa shape index (κ1) is 18.7. The molecule has 3 amide bonds. The largest absolute Gasteiger partial charge is 0.322 e. The van der Waals surface area contributed by atoms with E-state index in [-0.39, 0.29) is 23.7 Å². The van der Waals surface area contributed by atoms with Crippen molar-refractivity contribution in [2.45, 2.75) is 50.5 Å². The summed E-state index contributed by atoms with van der Waals surface area (Å²) in [5.74, 6) is -0.836. The summed E-state index contributed by atoms with van der Waals surface area (Å²) in [5.41, 5.74) is 1.58. The lowest BCUT2D eigenvalue weighted by atomic mass is 9.57. The van der Waals surface area contributed by atoms with E-state index in [0.29, 0.717) is 44.5 Å². The molecule has 1 atom stereocenters. The second-order valence-corrected chi connectivity index (χ2v) is 9.10. The van der Waals surface area contributed by atoms with Gasteiger partial charge < -0.3 is 15.5 Å². The number of imide groups is 1. The van der Waals surface area contributed by atoms with Gasteiger partial charge in [-0.25, -0.2) is 4.39 Å². The summed E-state index contributed by atoms with van der Waals surface area (Å²) in [4.78, 5) is 37.8. The van der Waals surface area contributed by atoms with Gasteiger partial charge in [0.25, 0.3) is 5.91 Å². The zero-order chi connectivity index (χ0) is 20.2. The number of hydrogen-bond acceptors (Lipinski definition) is 5. The van der Waals surface area contributed by atoms with Gasteiger partial charge in [-0.05, 0) is 36.5 Å². The number of nitrogens with one attached hydrogen (secondary N) is 3. The maximum atomic E-state index is 14.2. The summed E-state index contributed by atoms with van der Waals surface area (Å²) in [6, 6.07) is 5.15. The molecule has 3 N–H and O–H groups in total. The molecule has 0 radical (unpaired) electrons. The van der Waals surface area contributed by atoms with Crippen LogP contribution in [-0.4, -0.2) is 54.0 Å². The number of hydrogen-bond donors (Lipinski definition) is 3. The number of carbonyl (C=O) groups is 3. The first-order valence-electron chi connectivity index (χ1n) is 10.2. The van der Waals surface area contributed by atoms with Crippen LogP contribution in [0.4, 0.5) is 4.39 Å². The minimum Gasteiger partial charge on any atom is -0.322 e. The van der Waals surface area contributed by atoms with Gasteiger partial charge in [0.1, 0.15) is 11.7 Å². The summed E-state index contributed by atoms with van der Waals surface area (Å²) in [6.07, 6.45) is 1.87. The average Bonchev–Trinajstić information content (AvgIpc) is 2.97. The van der Waals surface area contributed by atoms with E-state index < -0.39 is 17.6 Å². The van der Waals surface area contributed by atoms with Crippen LogP contribution in [0.3, 0.4) is 0 Å². The molecule has 4 aliphatic heterocycles. The van der Waals surface area contributed by atoms with Gasteiger partial charge in [-0.2, -0.15) is 0 Å². The number of benzene rings is 1. The average molecular weight is 400 g/mol. The Balaban J connectivity index is 1.21. The fourth-order valence-corrected chi connectivity index (χ4v) is 5.49. The Morgan fingerprint density at radius 1 is 1.21 bits per heavy atom. The summed E-state index contributed by atoms with van der Waals surface area (Å²) >= 11 is 0. The predicted octanol–water partition coefficient (Wildman–Crippen LogP) is 0.629. The zero-order valence-corrected chi connectivity index (χ0v) is 16.2. The van der Waals surface area contributed by atoms with E-state index in [0.717, 1.165) is 24.2 Å². The van der Waals surface area contributed by atoms with E-state index in [1.165, 1.54) is 0 Å². The second-order valence-electron chi connectivity index (χ2n) is 9.10. The van der Waals surface area contributed by atoms with Crippen molar-refractivity contribution in [3.05, 3.63) is 34.9 Å². The zero-order valence-electron chi connectivity index (χ0n) is 16.2. The smallest absolute Gasteiger partial charge is 0.255 e. The quantitative estimate of drug-likeness (QED) is 0.631. The number of amides is 3. The number of nitrogens with zero attached hydrogens (tertiary/aromatic N) is 1. The number of carbonyl (C=O) groups excluding carboxylic acids is 3. The number of alkyl halides is 1. The lowest BCUT2D eigenvalue weighted by molar-refractivity contribution is -0.136. The van der Waals surface area contributed by atoms with E-state index in [4.69, 9.17) is 0 Å². The van der Waals surface area contributed by atoms with Crippen molar-refractivity contribution >= 4 is 17.7 Å². The number of fused-ring (bicyclic) bond motifs is 3. The molecule has 6 rings (SSSR count). The molecule has 29 heavy (non-hydrogen) atoms.